The van der Waals surface area contributed by atoms with Crippen molar-refractivity contribution < 1.29 is 33.6 Å². The average molecular weight is 796 g/mol. The number of allylic oxidation sites excluding steroid dienone is 2. The van der Waals surface area contributed by atoms with Crippen LogP contribution in [0.5, 0.6) is 0 Å². The third-order valence-electron chi connectivity index (χ3n) is 15.2. The first-order valence-electron chi connectivity index (χ1n) is 22.0. The van der Waals surface area contributed by atoms with Gasteiger partial charge in [-0.3, -0.25) is 9.69 Å². The van der Waals surface area contributed by atoms with Gasteiger partial charge < -0.3 is 20.1 Å². The van der Waals surface area contributed by atoms with Gasteiger partial charge in [0.25, 0.3) is 0 Å². The molecule has 0 saturated heterocycles. The number of nitrogens with zero attached hydrogens (tertiary/aromatic N) is 1. The first-order chi connectivity index (χ1) is 27.8. The van der Waals surface area contributed by atoms with E-state index in [9.17, 15) is 28.9 Å². The molecule has 0 spiro atoms. The number of fused-ring (bicyclic) bond motifs is 8. The van der Waals surface area contributed by atoms with Crippen LogP contribution in [0.2, 0.25) is 0 Å². The van der Waals surface area contributed by atoms with Crippen molar-refractivity contribution in [2.24, 2.45) is 28.6 Å². The van der Waals surface area contributed by atoms with E-state index in [-0.39, 0.29) is 23.5 Å². The highest BCUT2D eigenvalue weighted by Gasteiger charge is 2.58. The number of ketones is 1. The molecular weight excluding hydrogens is 733 g/mol. The van der Waals surface area contributed by atoms with Crippen molar-refractivity contribution in [3.63, 3.8) is 0 Å². The van der Waals surface area contributed by atoms with E-state index in [1.54, 1.807) is 0 Å². The number of aliphatic hydroxyl groups is 3. The Labute approximate surface area is 343 Å². The zero-order valence-corrected chi connectivity index (χ0v) is 34.5. The van der Waals surface area contributed by atoms with Crippen LogP contribution in [0.25, 0.3) is 0 Å². The molecular formula is C50H63F2NO5. The fourth-order valence-corrected chi connectivity index (χ4v) is 12.7. The van der Waals surface area contributed by atoms with E-state index in [0.717, 1.165) is 66.0 Å². The van der Waals surface area contributed by atoms with Crippen LogP contribution < -0.4 is 0 Å². The number of carbonyl (C=O) groups is 1. The number of aliphatic hydroxyl groups excluding tert-OH is 2. The number of carbonyl (C=O) groups excluding carboxylic acids is 1. The maximum atomic E-state index is 14.6. The molecule has 0 heterocycles. The summed E-state index contributed by atoms with van der Waals surface area (Å²) in [7, 11) is 0. The summed E-state index contributed by atoms with van der Waals surface area (Å²) in [5, 5.41) is 36.0. The minimum Gasteiger partial charge on any atom is -0.393 e. The van der Waals surface area contributed by atoms with Gasteiger partial charge in [-0.05, 0) is 160 Å². The summed E-state index contributed by atoms with van der Waals surface area (Å²) >= 11 is 0. The van der Waals surface area contributed by atoms with Crippen LogP contribution in [0.15, 0.2) is 78.4 Å². The molecule has 7 aliphatic carbocycles. The van der Waals surface area contributed by atoms with Gasteiger partial charge in [0, 0.05) is 36.2 Å². The molecule has 6 nitrogen and oxygen atoms in total. The topological polar surface area (TPSA) is 90.2 Å². The molecule has 0 aliphatic heterocycles. The van der Waals surface area contributed by atoms with Crippen molar-refractivity contribution in [3.8, 4) is 0 Å². The summed E-state index contributed by atoms with van der Waals surface area (Å²) in [6.07, 6.45) is 12.9. The molecule has 5 saturated carbocycles. The summed E-state index contributed by atoms with van der Waals surface area (Å²) in [6, 6.07) is 19.1. The average Bonchev–Trinajstić information content (AvgIpc) is 3.42. The van der Waals surface area contributed by atoms with Gasteiger partial charge in [0.1, 0.15) is 0 Å². The molecule has 10 rings (SSSR count). The first-order valence-corrected chi connectivity index (χ1v) is 22.0. The van der Waals surface area contributed by atoms with Gasteiger partial charge in [0.05, 0.1) is 31.0 Å². The maximum absolute atomic E-state index is 14.6. The Hall–Kier alpha value is -3.27. The van der Waals surface area contributed by atoms with Crippen LogP contribution >= 0.6 is 0 Å². The maximum Gasteiger partial charge on any atom is 0.193 e. The van der Waals surface area contributed by atoms with Gasteiger partial charge in [0.15, 0.2) is 17.4 Å². The molecule has 3 aromatic rings. The second kappa shape index (κ2) is 17.0. The fourth-order valence-electron chi connectivity index (χ4n) is 12.7. The number of halogens is 2. The van der Waals surface area contributed by atoms with E-state index in [0.29, 0.717) is 57.4 Å². The van der Waals surface area contributed by atoms with Crippen LogP contribution in [-0.2, 0) is 17.8 Å². The summed E-state index contributed by atoms with van der Waals surface area (Å²) < 4.78 is 34.7. The molecule has 3 aromatic carbocycles. The van der Waals surface area contributed by atoms with E-state index in [1.807, 2.05) is 48.5 Å². The zero-order chi connectivity index (χ0) is 40.7. The number of ether oxygens (including phenoxy) is 1. The number of rotatable bonds is 12. The molecule has 3 N–H and O–H groups in total. The van der Waals surface area contributed by atoms with Crippen molar-refractivity contribution in [1.82, 2.24) is 4.90 Å². The molecule has 6 bridgehead atoms. The molecule has 7 aliphatic rings. The monoisotopic (exact) mass is 795 g/mol. The normalized spacial score (nSPS) is 32.6. The predicted molar refractivity (Wildman–Crippen MR) is 222 cm³/mol. The van der Waals surface area contributed by atoms with E-state index >= 15 is 0 Å². The quantitative estimate of drug-likeness (QED) is 0.125. The smallest absolute Gasteiger partial charge is 0.193 e. The van der Waals surface area contributed by atoms with Crippen molar-refractivity contribution >= 4 is 5.78 Å². The van der Waals surface area contributed by atoms with Gasteiger partial charge in [-0.15, -0.1) is 0 Å². The largest absolute Gasteiger partial charge is 0.393 e. The molecule has 312 valence electrons. The van der Waals surface area contributed by atoms with Gasteiger partial charge in [-0.25, -0.2) is 8.78 Å². The molecule has 0 aromatic heterocycles. The second-order valence-corrected chi connectivity index (χ2v) is 19.6. The molecule has 58 heavy (non-hydrogen) atoms. The molecule has 5 fully saturated rings. The molecule has 5 atom stereocenters. The van der Waals surface area contributed by atoms with Gasteiger partial charge in [-0.2, -0.15) is 0 Å². The van der Waals surface area contributed by atoms with Crippen molar-refractivity contribution in [3.05, 3.63) is 118 Å². The zero-order valence-electron chi connectivity index (χ0n) is 34.5. The van der Waals surface area contributed by atoms with Crippen molar-refractivity contribution in [2.75, 3.05) is 26.2 Å². The summed E-state index contributed by atoms with van der Waals surface area (Å²) in [6.45, 7) is 6.56. The third-order valence-corrected chi connectivity index (χ3v) is 15.2. The van der Waals surface area contributed by atoms with E-state index in [1.165, 1.54) is 50.2 Å². The lowest BCUT2D eigenvalue weighted by Gasteiger charge is -2.58. The van der Waals surface area contributed by atoms with Crippen LogP contribution in [0.1, 0.15) is 129 Å². The Bertz CT molecular complexity index is 1930. The van der Waals surface area contributed by atoms with Crippen LogP contribution in [0.3, 0.4) is 0 Å². The summed E-state index contributed by atoms with van der Waals surface area (Å²) in [4.78, 5) is 16.8. The van der Waals surface area contributed by atoms with Crippen molar-refractivity contribution in [1.29, 1.82) is 0 Å². The standard InChI is InChI=1S/C50H63F2NO5/c1-33-7-6-17-48(2)44(42-14-11-35(22-40(54)13-10-33)23-43(42)47(56)39-12-15-45(51)46(52)24-39)16-18-50(48,57)32-53(28-41(55)30-58-29-34-8-4-3-5-9-34)31-49-25-36-19-37(26-49)21-38(20-36)27-49/h3-5,7-9,11-12,14-15,23-24,36-38,40-41,44,54-55,57H,6,10,13,16-22,25-32H2,1-2H3. The highest BCUT2D eigenvalue weighted by Crippen LogP contribution is 2.62. The molecule has 8 heteroatoms. The highest BCUT2D eigenvalue weighted by atomic mass is 19.2. The lowest BCUT2D eigenvalue weighted by Crippen LogP contribution is -2.57. The van der Waals surface area contributed by atoms with E-state index in [4.69, 9.17) is 4.74 Å². The second-order valence-electron chi connectivity index (χ2n) is 19.6. The van der Waals surface area contributed by atoms with Crippen LogP contribution in [-0.4, -0.2) is 70.1 Å². The van der Waals surface area contributed by atoms with Crippen molar-refractivity contribution in [2.45, 2.75) is 128 Å². The molecule has 0 radical (unpaired) electrons. The Morgan fingerprint density at radius 2 is 1.64 bits per heavy atom. The number of hydrogen-bond acceptors (Lipinski definition) is 6. The Kier molecular flexibility index (Phi) is 12.2. The number of hydrogen-bond donors (Lipinski definition) is 3. The third kappa shape index (κ3) is 8.79. The molecule has 0 amide bonds. The predicted octanol–water partition coefficient (Wildman–Crippen LogP) is 9.33. The van der Waals surface area contributed by atoms with Gasteiger partial charge in [0.2, 0.25) is 0 Å². The van der Waals surface area contributed by atoms with E-state index in [2.05, 4.69) is 24.8 Å². The molecule has 5 unspecified atom stereocenters. The summed E-state index contributed by atoms with van der Waals surface area (Å²) in [5.41, 5.74) is 2.71. The first kappa shape index (κ1) is 41.5. The minimum atomic E-state index is -1.15. The SMILES string of the molecule is CC1=CCCC2(C)C(CCC2(O)CN(CC(O)COCc2ccccc2)CC23CC4CC(CC(C4)C2)C3)c2ccc(cc2C(=O)c2ccc(F)c(F)c2)CC(O)CC1. The van der Waals surface area contributed by atoms with Gasteiger partial charge in [-0.1, -0.05) is 61.0 Å². The Balaban J connectivity index is 1.13. The highest BCUT2D eigenvalue weighted by molar-refractivity contribution is 6.10. The van der Waals surface area contributed by atoms with Crippen LogP contribution in [0.4, 0.5) is 8.78 Å². The Morgan fingerprint density at radius 3 is 2.34 bits per heavy atom. The minimum absolute atomic E-state index is 0.0673. The van der Waals surface area contributed by atoms with Gasteiger partial charge >= 0.3 is 0 Å². The summed E-state index contributed by atoms with van der Waals surface area (Å²) in [5.74, 6) is -0.374. The lowest BCUT2D eigenvalue weighted by molar-refractivity contribution is -0.115. The lowest BCUT2D eigenvalue weighted by atomic mass is 9.49. The van der Waals surface area contributed by atoms with E-state index < -0.39 is 40.6 Å². The van der Waals surface area contributed by atoms with Crippen LogP contribution in [0, 0.1) is 40.2 Å². The number of benzene rings is 3. The fraction of sp³-hybridized carbons (Fsp3) is 0.580. The Morgan fingerprint density at radius 1 is 0.914 bits per heavy atom.